The van der Waals surface area contributed by atoms with Crippen LogP contribution < -0.4 is 4.74 Å². The molecule has 0 aliphatic carbocycles. The molecule has 9 nitrogen and oxygen atoms in total. The van der Waals surface area contributed by atoms with Gasteiger partial charge in [0.15, 0.2) is 11.5 Å². The van der Waals surface area contributed by atoms with Crippen LogP contribution in [0.1, 0.15) is 38.1 Å². The minimum absolute atomic E-state index is 0.0399. The lowest BCUT2D eigenvalue weighted by atomic mass is 10.2. The molecule has 1 aromatic rings. The van der Waals surface area contributed by atoms with Gasteiger partial charge in [-0.15, -0.1) is 0 Å². The molecule has 1 aromatic carbocycles. The maximum absolute atomic E-state index is 10.2. The van der Waals surface area contributed by atoms with Crippen molar-refractivity contribution in [3.8, 4) is 11.5 Å². The van der Waals surface area contributed by atoms with Crippen molar-refractivity contribution in [1.82, 2.24) is 0 Å². The zero-order valence-corrected chi connectivity index (χ0v) is 14.7. The van der Waals surface area contributed by atoms with Crippen molar-refractivity contribution in [2.24, 2.45) is 5.92 Å². The molecule has 0 aliphatic heterocycles. The van der Waals surface area contributed by atoms with Crippen LogP contribution in [-0.2, 0) is 14.4 Å². The van der Waals surface area contributed by atoms with Gasteiger partial charge < -0.3 is 25.2 Å². The van der Waals surface area contributed by atoms with Crippen molar-refractivity contribution in [3.63, 3.8) is 0 Å². The quantitative estimate of drug-likeness (QED) is 0.592. The van der Waals surface area contributed by atoms with E-state index in [2.05, 4.69) is 0 Å². The molecule has 0 atom stereocenters. The zero-order chi connectivity index (χ0) is 20.6. The van der Waals surface area contributed by atoms with Gasteiger partial charge in [0.2, 0.25) is 0 Å². The molecular formula is C16H24O9. The Labute approximate surface area is 145 Å². The summed E-state index contributed by atoms with van der Waals surface area (Å²) in [5.74, 6) is -2.28. The number of hydrogen-bond acceptors (Lipinski definition) is 6. The molecule has 0 unspecified atom stereocenters. The fourth-order valence-electron chi connectivity index (χ4n) is 0.768. The van der Waals surface area contributed by atoms with Crippen LogP contribution in [0.2, 0.25) is 0 Å². The highest BCUT2D eigenvalue weighted by atomic mass is 16.5. The summed E-state index contributed by atoms with van der Waals surface area (Å²) in [5, 5.41) is 31.9. The summed E-state index contributed by atoms with van der Waals surface area (Å²) in [5.41, 5.74) is 0.486. The first-order valence-electron chi connectivity index (χ1n) is 6.82. The zero-order valence-electron chi connectivity index (χ0n) is 14.7. The van der Waals surface area contributed by atoms with E-state index in [9.17, 15) is 9.59 Å². The van der Waals surface area contributed by atoms with Crippen LogP contribution in [0.3, 0.4) is 0 Å². The second kappa shape index (κ2) is 15.8. The molecular weight excluding hydrogens is 336 g/mol. The molecule has 0 saturated carbocycles. The molecule has 0 aliphatic rings. The molecule has 4 N–H and O–H groups in total. The van der Waals surface area contributed by atoms with Gasteiger partial charge in [-0.2, -0.15) is 0 Å². The fourth-order valence-corrected chi connectivity index (χ4v) is 0.768. The highest BCUT2D eigenvalue weighted by Crippen LogP contribution is 2.25. The third-order valence-corrected chi connectivity index (χ3v) is 1.83. The smallest absolute Gasteiger partial charge is 0.305 e. The number of aldehydes is 1. The van der Waals surface area contributed by atoms with Gasteiger partial charge in [0, 0.05) is 19.4 Å². The first-order chi connectivity index (χ1) is 11.4. The van der Waals surface area contributed by atoms with Crippen molar-refractivity contribution < 1.29 is 44.3 Å². The van der Waals surface area contributed by atoms with Gasteiger partial charge in [-0.25, -0.2) is 0 Å². The van der Waals surface area contributed by atoms with Gasteiger partial charge in [-0.1, -0.05) is 13.8 Å². The number of carboxylic acids is 3. The number of rotatable bonds is 3. The monoisotopic (exact) mass is 360 g/mol. The van der Waals surface area contributed by atoms with Gasteiger partial charge in [0.1, 0.15) is 6.29 Å². The second-order valence-corrected chi connectivity index (χ2v) is 4.58. The van der Waals surface area contributed by atoms with E-state index in [0.29, 0.717) is 17.6 Å². The molecule has 1 rings (SSSR count). The van der Waals surface area contributed by atoms with E-state index in [1.807, 2.05) is 0 Å². The number of ether oxygens (including phenoxy) is 1. The molecule has 0 spiro atoms. The Balaban J connectivity index is -0.000000294. The molecule has 0 saturated heterocycles. The van der Waals surface area contributed by atoms with Crippen LogP contribution in [0.15, 0.2) is 18.2 Å². The van der Waals surface area contributed by atoms with Gasteiger partial charge in [0.05, 0.1) is 13.0 Å². The summed E-state index contributed by atoms with van der Waals surface area (Å²) < 4.78 is 4.78. The maximum atomic E-state index is 10.2. The van der Waals surface area contributed by atoms with Crippen LogP contribution in [0.4, 0.5) is 0 Å². The first kappa shape index (κ1) is 26.8. The van der Waals surface area contributed by atoms with Crippen LogP contribution >= 0.6 is 0 Å². The summed E-state index contributed by atoms with van der Waals surface area (Å²) in [6, 6.07) is 4.41. The third-order valence-electron chi connectivity index (χ3n) is 1.83. The van der Waals surface area contributed by atoms with E-state index in [-0.39, 0.29) is 11.7 Å². The number of hydrogen-bond donors (Lipinski definition) is 4. The number of carbonyl (C=O) groups excluding carboxylic acids is 1. The average molecular weight is 360 g/mol. The number of aromatic hydroxyl groups is 1. The molecule has 0 aromatic heterocycles. The Kier molecular flexibility index (Phi) is 16.9. The predicted octanol–water partition coefficient (Wildman–Crippen LogP) is 2.12. The average Bonchev–Trinajstić information content (AvgIpc) is 2.47. The van der Waals surface area contributed by atoms with Crippen LogP contribution in [0, 0.1) is 5.92 Å². The highest BCUT2D eigenvalue weighted by molar-refractivity contribution is 5.76. The number of benzene rings is 1. The van der Waals surface area contributed by atoms with E-state index in [1.165, 1.54) is 25.3 Å². The normalized spacial score (nSPS) is 8.24. The third kappa shape index (κ3) is 23.3. The SMILES string of the molecule is CC(=O)O.CC(=O)O.CC(C)C(=O)O.COc1cc(C=O)ccc1O. The van der Waals surface area contributed by atoms with Crippen molar-refractivity contribution in [2.45, 2.75) is 27.7 Å². The van der Waals surface area contributed by atoms with E-state index >= 15 is 0 Å². The Bertz CT molecular complexity index is 531. The summed E-state index contributed by atoms with van der Waals surface area (Å²) in [6.45, 7) is 5.45. The standard InChI is InChI=1S/C8H8O3.C4H8O2.2C2H4O2/c1-11-8-4-6(5-9)2-3-7(8)10;1-3(2)4(5)6;2*1-2(3)4/h2-5,10H,1H3;3H,1-2H3,(H,5,6);2*1H3,(H,3,4). The van der Waals surface area contributed by atoms with Crippen molar-refractivity contribution in [1.29, 1.82) is 0 Å². The fraction of sp³-hybridized carbons (Fsp3) is 0.375. The number of methoxy groups -OCH3 is 1. The number of carbonyl (C=O) groups is 4. The molecule has 0 bridgehead atoms. The summed E-state index contributed by atoms with van der Waals surface area (Å²) in [7, 11) is 1.43. The summed E-state index contributed by atoms with van der Waals surface area (Å²) in [6.07, 6.45) is 0.696. The van der Waals surface area contributed by atoms with Crippen molar-refractivity contribution >= 4 is 24.2 Å². The van der Waals surface area contributed by atoms with Gasteiger partial charge >= 0.3 is 5.97 Å². The van der Waals surface area contributed by atoms with Crippen LogP contribution in [0.5, 0.6) is 11.5 Å². The second-order valence-electron chi connectivity index (χ2n) is 4.58. The number of carboxylic acid groups (broad SMARTS) is 3. The molecule has 9 heteroatoms. The van der Waals surface area contributed by atoms with Crippen molar-refractivity contribution in [3.05, 3.63) is 23.8 Å². The van der Waals surface area contributed by atoms with Crippen LogP contribution in [-0.4, -0.2) is 51.7 Å². The van der Waals surface area contributed by atoms with Gasteiger partial charge in [-0.05, 0) is 18.2 Å². The topological polar surface area (TPSA) is 158 Å². The van der Waals surface area contributed by atoms with E-state index in [4.69, 9.17) is 34.8 Å². The molecule has 0 radical (unpaired) electrons. The Morgan fingerprint density at radius 1 is 1.04 bits per heavy atom. The number of phenols is 1. The number of aliphatic carboxylic acids is 3. The van der Waals surface area contributed by atoms with E-state index < -0.39 is 17.9 Å². The lowest BCUT2D eigenvalue weighted by Crippen LogP contribution is -2.03. The Morgan fingerprint density at radius 3 is 1.64 bits per heavy atom. The minimum atomic E-state index is -0.833. The molecule has 0 fully saturated rings. The predicted molar refractivity (Wildman–Crippen MR) is 89.1 cm³/mol. The summed E-state index contributed by atoms with van der Waals surface area (Å²) >= 11 is 0. The van der Waals surface area contributed by atoms with Crippen molar-refractivity contribution in [2.75, 3.05) is 7.11 Å². The Morgan fingerprint density at radius 2 is 1.40 bits per heavy atom. The lowest BCUT2D eigenvalue weighted by molar-refractivity contribution is -0.140. The van der Waals surface area contributed by atoms with E-state index in [1.54, 1.807) is 13.8 Å². The van der Waals surface area contributed by atoms with Gasteiger partial charge in [0.25, 0.3) is 11.9 Å². The minimum Gasteiger partial charge on any atom is -0.504 e. The van der Waals surface area contributed by atoms with Gasteiger partial charge in [-0.3, -0.25) is 19.2 Å². The molecule has 0 amide bonds. The summed E-state index contributed by atoms with van der Waals surface area (Å²) in [4.78, 5) is 37.9. The largest absolute Gasteiger partial charge is 0.504 e. The first-order valence-corrected chi connectivity index (χ1v) is 6.82. The van der Waals surface area contributed by atoms with Crippen LogP contribution in [0.25, 0.3) is 0 Å². The molecule has 142 valence electrons. The van der Waals surface area contributed by atoms with E-state index in [0.717, 1.165) is 13.8 Å². The Hall–Kier alpha value is -3.10. The highest BCUT2D eigenvalue weighted by Gasteiger charge is 2.00. The molecule has 0 heterocycles. The molecule has 25 heavy (non-hydrogen) atoms. The number of phenolic OH excluding ortho intramolecular Hbond substituents is 1. The maximum Gasteiger partial charge on any atom is 0.305 e. The lowest BCUT2D eigenvalue weighted by Gasteiger charge is -2.01.